The predicted molar refractivity (Wildman–Crippen MR) is 76.7 cm³/mol. The van der Waals surface area contributed by atoms with Gasteiger partial charge in [-0.3, -0.25) is 4.79 Å². The SMILES string of the molecule is Cc1c(NCC(C)(C)C(N)=O)nn2c(C(F)(F)F)nnc2c1C. The molecule has 10 heteroatoms. The average Bonchev–Trinajstić information content (AvgIpc) is 2.85. The number of rotatable bonds is 4. The molecule has 3 N–H and O–H groups in total. The summed E-state index contributed by atoms with van der Waals surface area (Å²) < 4.78 is 39.5. The molecule has 7 nitrogen and oxygen atoms in total. The summed E-state index contributed by atoms with van der Waals surface area (Å²) in [5, 5.41) is 13.5. The number of aromatic nitrogens is 4. The lowest BCUT2D eigenvalue weighted by molar-refractivity contribution is -0.146. The lowest BCUT2D eigenvalue weighted by Gasteiger charge is -2.22. The van der Waals surface area contributed by atoms with Gasteiger partial charge in [0.1, 0.15) is 5.82 Å². The van der Waals surface area contributed by atoms with Gasteiger partial charge in [0.05, 0.1) is 5.41 Å². The van der Waals surface area contributed by atoms with Crippen molar-refractivity contribution in [3.63, 3.8) is 0 Å². The van der Waals surface area contributed by atoms with Crippen LogP contribution in [-0.4, -0.2) is 32.3 Å². The van der Waals surface area contributed by atoms with Crippen LogP contribution >= 0.6 is 0 Å². The number of anilines is 1. The van der Waals surface area contributed by atoms with Gasteiger partial charge in [0, 0.05) is 12.1 Å². The third-order valence-corrected chi connectivity index (χ3v) is 3.71. The van der Waals surface area contributed by atoms with Gasteiger partial charge in [-0.2, -0.15) is 17.7 Å². The zero-order valence-electron chi connectivity index (χ0n) is 13.1. The summed E-state index contributed by atoms with van der Waals surface area (Å²) in [5.41, 5.74) is 5.58. The van der Waals surface area contributed by atoms with E-state index in [0.717, 1.165) is 0 Å². The van der Waals surface area contributed by atoms with Gasteiger partial charge in [0.25, 0.3) is 5.82 Å². The van der Waals surface area contributed by atoms with Crippen LogP contribution in [0.5, 0.6) is 0 Å². The smallest absolute Gasteiger partial charge is 0.369 e. The molecule has 0 aliphatic rings. The highest BCUT2D eigenvalue weighted by Crippen LogP contribution is 2.30. The van der Waals surface area contributed by atoms with Gasteiger partial charge in [-0.15, -0.1) is 15.3 Å². The first-order valence-electron chi connectivity index (χ1n) is 6.78. The second-order valence-corrected chi connectivity index (χ2v) is 5.96. The first kappa shape index (κ1) is 17.0. The highest BCUT2D eigenvalue weighted by atomic mass is 19.4. The molecule has 0 aliphatic heterocycles. The van der Waals surface area contributed by atoms with E-state index < -0.39 is 23.3 Å². The van der Waals surface area contributed by atoms with Crippen molar-refractivity contribution in [2.45, 2.75) is 33.9 Å². The molecule has 0 fully saturated rings. The van der Waals surface area contributed by atoms with E-state index in [4.69, 9.17) is 5.73 Å². The van der Waals surface area contributed by atoms with Crippen LogP contribution in [0.15, 0.2) is 0 Å². The van der Waals surface area contributed by atoms with Crippen molar-refractivity contribution >= 4 is 17.4 Å². The van der Waals surface area contributed by atoms with Crippen LogP contribution in [0.1, 0.15) is 30.8 Å². The first-order valence-corrected chi connectivity index (χ1v) is 6.78. The van der Waals surface area contributed by atoms with Crippen molar-refractivity contribution in [2.24, 2.45) is 11.1 Å². The second-order valence-electron chi connectivity index (χ2n) is 5.96. The minimum absolute atomic E-state index is 0.0366. The lowest BCUT2D eigenvalue weighted by Crippen LogP contribution is -2.37. The van der Waals surface area contributed by atoms with Gasteiger partial charge in [-0.25, -0.2) is 0 Å². The average molecular weight is 330 g/mol. The molecule has 23 heavy (non-hydrogen) atoms. The molecule has 0 bridgehead atoms. The number of fused-ring (bicyclic) bond motifs is 1. The Bertz CT molecular complexity index is 765. The molecule has 2 heterocycles. The Balaban J connectivity index is 2.49. The summed E-state index contributed by atoms with van der Waals surface area (Å²) in [4.78, 5) is 11.3. The highest BCUT2D eigenvalue weighted by Gasteiger charge is 2.38. The molecule has 0 spiro atoms. The molecule has 1 amide bonds. The number of halogens is 3. The number of nitrogens with zero attached hydrogens (tertiary/aromatic N) is 4. The Labute approximate surface area is 130 Å². The van der Waals surface area contributed by atoms with Crippen LogP contribution in [0, 0.1) is 19.3 Å². The van der Waals surface area contributed by atoms with E-state index in [1.54, 1.807) is 27.7 Å². The first-order chi connectivity index (χ1) is 10.4. The van der Waals surface area contributed by atoms with Crippen molar-refractivity contribution in [2.75, 3.05) is 11.9 Å². The second kappa shape index (κ2) is 5.36. The Morgan fingerprint density at radius 1 is 1.22 bits per heavy atom. The van der Waals surface area contributed by atoms with Gasteiger partial charge in [0.15, 0.2) is 5.65 Å². The molecule has 0 unspecified atom stereocenters. The summed E-state index contributed by atoms with van der Waals surface area (Å²) in [6, 6.07) is 0. The molecule has 2 rings (SSSR count). The minimum Gasteiger partial charge on any atom is -0.369 e. The molecule has 2 aromatic heterocycles. The largest absolute Gasteiger partial charge is 0.453 e. The third kappa shape index (κ3) is 3.06. The van der Waals surface area contributed by atoms with Crippen LogP contribution in [-0.2, 0) is 11.0 Å². The fourth-order valence-corrected chi connectivity index (χ4v) is 1.87. The summed E-state index contributed by atoms with van der Waals surface area (Å²) >= 11 is 0. The summed E-state index contributed by atoms with van der Waals surface area (Å²) in [7, 11) is 0. The zero-order valence-corrected chi connectivity index (χ0v) is 13.1. The van der Waals surface area contributed by atoms with E-state index in [2.05, 4.69) is 20.6 Å². The molecule has 2 aromatic rings. The molecule has 0 saturated heterocycles. The highest BCUT2D eigenvalue weighted by molar-refractivity contribution is 5.80. The maximum absolute atomic E-state index is 13.0. The van der Waals surface area contributed by atoms with E-state index in [1.807, 2.05) is 0 Å². The van der Waals surface area contributed by atoms with Gasteiger partial charge >= 0.3 is 6.18 Å². The Kier molecular flexibility index (Phi) is 3.95. The fraction of sp³-hybridized carbons (Fsp3) is 0.538. The number of alkyl halides is 3. The van der Waals surface area contributed by atoms with E-state index in [0.29, 0.717) is 15.6 Å². The van der Waals surface area contributed by atoms with Crippen molar-refractivity contribution < 1.29 is 18.0 Å². The monoisotopic (exact) mass is 330 g/mol. The van der Waals surface area contributed by atoms with Crippen molar-refractivity contribution in [1.82, 2.24) is 19.8 Å². The number of nitrogens with one attached hydrogen (secondary N) is 1. The van der Waals surface area contributed by atoms with Gasteiger partial charge in [0.2, 0.25) is 5.91 Å². The van der Waals surface area contributed by atoms with E-state index >= 15 is 0 Å². The molecular formula is C13H17F3N6O. The van der Waals surface area contributed by atoms with Crippen molar-refractivity contribution in [3.8, 4) is 0 Å². The number of amides is 1. The number of nitrogens with two attached hydrogens (primary N) is 1. The topological polar surface area (TPSA) is 98.2 Å². The standard InChI is InChI=1S/C13H17F3N6O/c1-6-7(2)9-19-20-11(13(14,15)16)22(9)21-8(6)18-5-12(3,4)10(17)23/h5H2,1-4H3,(H2,17,23)(H,18,21). The van der Waals surface area contributed by atoms with Crippen LogP contribution < -0.4 is 11.1 Å². The number of hydrogen-bond acceptors (Lipinski definition) is 5. The van der Waals surface area contributed by atoms with Crippen LogP contribution in [0.2, 0.25) is 0 Å². The zero-order chi connectivity index (χ0) is 17.6. The van der Waals surface area contributed by atoms with Crippen LogP contribution in [0.25, 0.3) is 5.65 Å². The van der Waals surface area contributed by atoms with Crippen LogP contribution in [0.3, 0.4) is 0 Å². The lowest BCUT2D eigenvalue weighted by atomic mass is 9.93. The Morgan fingerprint density at radius 2 is 1.83 bits per heavy atom. The molecule has 0 atom stereocenters. The fourth-order valence-electron chi connectivity index (χ4n) is 1.87. The van der Waals surface area contributed by atoms with Gasteiger partial charge in [-0.05, 0) is 33.3 Å². The summed E-state index contributed by atoms with van der Waals surface area (Å²) in [6.45, 7) is 6.71. The summed E-state index contributed by atoms with van der Waals surface area (Å²) in [6.07, 6.45) is -4.67. The van der Waals surface area contributed by atoms with Crippen LogP contribution in [0.4, 0.5) is 19.0 Å². The van der Waals surface area contributed by atoms with E-state index in [9.17, 15) is 18.0 Å². The number of carbonyl (C=O) groups excluding carboxylic acids is 1. The van der Waals surface area contributed by atoms with Crippen molar-refractivity contribution in [1.29, 1.82) is 0 Å². The molecule has 0 aliphatic carbocycles. The molecule has 126 valence electrons. The third-order valence-electron chi connectivity index (χ3n) is 3.71. The van der Waals surface area contributed by atoms with E-state index in [1.165, 1.54) is 0 Å². The molecule has 0 saturated carbocycles. The molecular weight excluding hydrogens is 313 g/mol. The number of primary amides is 1. The Hall–Kier alpha value is -2.39. The van der Waals surface area contributed by atoms with E-state index in [-0.39, 0.29) is 18.0 Å². The Morgan fingerprint density at radius 3 is 2.35 bits per heavy atom. The summed E-state index contributed by atoms with van der Waals surface area (Å²) in [5.74, 6) is -1.51. The maximum atomic E-state index is 13.0. The molecule has 0 aromatic carbocycles. The normalized spacial score (nSPS) is 12.7. The van der Waals surface area contributed by atoms with Gasteiger partial charge in [-0.1, -0.05) is 0 Å². The quantitative estimate of drug-likeness (QED) is 0.889. The predicted octanol–water partition coefficient (Wildman–Crippen LogP) is 1.68. The van der Waals surface area contributed by atoms with Gasteiger partial charge < -0.3 is 11.1 Å². The number of hydrogen-bond donors (Lipinski definition) is 2. The number of carbonyl (C=O) groups is 1. The molecule has 0 radical (unpaired) electrons. The minimum atomic E-state index is -4.67. The number of aryl methyl sites for hydroxylation is 1. The maximum Gasteiger partial charge on any atom is 0.453 e. The van der Waals surface area contributed by atoms with Crippen molar-refractivity contribution in [3.05, 3.63) is 17.0 Å².